The lowest BCUT2D eigenvalue weighted by molar-refractivity contribution is -0.139. The number of hydrogen-bond donors (Lipinski definition) is 0. The van der Waals surface area contributed by atoms with E-state index in [9.17, 15) is 4.79 Å². The monoisotopic (exact) mass is 282 g/mol. The van der Waals surface area contributed by atoms with E-state index in [1.807, 2.05) is 37.3 Å². The summed E-state index contributed by atoms with van der Waals surface area (Å²) in [6.07, 6.45) is 2.92. The van der Waals surface area contributed by atoms with E-state index in [1.165, 1.54) is 6.92 Å². The highest BCUT2D eigenvalue weighted by Crippen LogP contribution is 2.15. The van der Waals surface area contributed by atoms with Gasteiger partial charge in [-0.1, -0.05) is 41.1 Å². The molecule has 3 heteroatoms. The number of benzene rings is 1. The average molecular weight is 283 g/mol. The second-order valence-electron chi connectivity index (χ2n) is 3.49. The van der Waals surface area contributed by atoms with E-state index in [2.05, 4.69) is 15.9 Å². The van der Waals surface area contributed by atoms with E-state index in [1.54, 1.807) is 0 Å². The molecule has 0 N–H and O–H groups in total. The van der Waals surface area contributed by atoms with Crippen LogP contribution in [0.1, 0.15) is 25.8 Å². The second kappa shape index (κ2) is 6.48. The third-order valence-corrected chi connectivity index (χ3v) is 2.63. The van der Waals surface area contributed by atoms with Gasteiger partial charge in [0.2, 0.25) is 0 Å². The zero-order valence-electron chi connectivity index (χ0n) is 9.50. The molecule has 0 aliphatic rings. The lowest BCUT2D eigenvalue weighted by Gasteiger charge is -2.05. The van der Waals surface area contributed by atoms with Crippen molar-refractivity contribution in [2.75, 3.05) is 6.61 Å². The van der Waals surface area contributed by atoms with Crippen molar-refractivity contribution in [3.63, 3.8) is 0 Å². The Hall–Kier alpha value is -1.09. The molecule has 0 bridgehead atoms. The Morgan fingerprint density at radius 1 is 1.50 bits per heavy atom. The molecule has 0 atom stereocenters. The largest absolute Gasteiger partial charge is 0.461 e. The highest BCUT2D eigenvalue weighted by Gasteiger charge is 1.99. The van der Waals surface area contributed by atoms with Crippen LogP contribution in [0.2, 0.25) is 0 Å². The van der Waals surface area contributed by atoms with Gasteiger partial charge >= 0.3 is 5.97 Å². The molecule has 0 fully saturated rings. The van der Waals surface area contributed by atoms with Crippen LogP contribution in [0.25, 0.3) is 6.08 Å². The van der Waals surface area contributed by atoms with Crippen molar-refractivity contribution in [1.29, 1.82) is 0 Å². The number of rotatable bonds is 4. The summed E-state index contributed by atoms with van der Waals surface area (Å²) in [7, 11) is 0. The summed E-state index contributed by atoms with van der Waals surface area (Å²) in [5, 5.41) is 0. The molecule has 0 unspecified atom stereocenters. The number of carbonyl (C=O) groups excluding carboxylic acids is 1. The van der Waals surface area contributed by atoms with E-state index < -0.39 is 0 Å². The molecule has 0 heterocycles. The van der Waals surface area contributed by atoms with Crippen LogP contribution in [0, 0.1) is 0 Å². The van der Waals surface area contributed by atoms with Crippen molar-refractivity contribution >= 4 is 28.0 Å². The number of ether oxygens (including phenoxy) is 1. The lowest BCUT2D eigenvalue weighted by atomic mass is 10.1. The fraction of sp³-hybridized carbons (Fsp3) is 0.308. The third-order valence-electron chi connectivity index (χ3n) is 2.13. The van der Waals surface area contributed by atoms with Crippen molar-refractivity contribution < 1.29 is 9.53 Å². The van der Waals surface area contributed by atoms with Crippen molar-refractivity contribution in [2.45, 2.75) is 20.3 Å². The maximum absolute atomic E-state index is 10.7. The first-order valence-electron chi connectivity index (χ1n) is 5.20. The summed E-state index contributed by atoms with van der Waals surface area (Å²) < 4.78 is 6.02. The molecular weight excluding hydrogens is 268 g/mol. The Kier molecular flexibility index (Phi) is 5.26. The molecule has 16 heavy (non-hydrogen) atoms. The predicted octanol–water partition coefficient (Wildman–Crippen LogP) is 3.81. The van der Waals surface area contributed by atoms with Crippen LogP contribution in [-0.2, 0) is 9.53 Å². The van der Waals surface area contributed by atoms with Crippen LogP contribution in [0.3, 0.4) is 0 Å². The van der Waals surface area contributed by atoms with E-state index >= 15 is 0 Å². The fourth-order valence-electron chi connectivity index (χ4n) is 1.27. The summed E-state index contributed by atoms with van der Waals surface area (Å²) in [6, 6.07) is 8.02. The van der Waals surface area contributed by atoms with Gasteiger partial charge in [0.25, 0.3) is 0 Å². The van der Waals surface area contributed by atoms with Gasteiger partial charge < -0.3 is 4.74 Å². The molecule has 86 valence electrons. The molecule has 0 saturated heterocycles. The molecule has 1 aromatic carbocycles. The first-order chi connectivity index (χ1) is 7.61. The Balaban J connectivity index is 2.75. The molecule has 2 nitrogen and oxygen atoms in total. The predicted molar refractivity (Wildman–Crippen MR) is 69.0 cm³/mol. The highest BCUT2D eigenvalue weighted by atomic mass is 79.9. The van der Waals surface area contributed by atoms with Gasteiger partial charge in [0.15, 0.2) is 0 Å². The maximum atomic E-state index is 10.7. The Morgan fingerprint density at radius 3 is 2.81 bits per heavy atom. The summed E-state index contributed by atoms with van der Waals surface area (Å²) in [4.78, 5) is 10.7. The summed E-state index contributed by atoms with van der Waals surface area (Å²) in [5.74, 6) is -0.242. The van der Waals surface area contributed by atoms with Crippen molar-refractivity contribution in [1.82, 2.24) is 0 Å². The van der Waals surface area contributed by atoms with Crippen LogP contribution in [0.4, 0.5) is 0 Å². The van der Waals surface area contributed by atoms with E-state index in [0.29, 0.717) is 6.61 Å². The smallest absolute Gasteiger partial charge is 0.302 e. The van der Waals surface area contributed by atoms with Gasteiger partial charge in [-0.3, -0.25) is 4.79 Å². The third kappa shape index (κ3) is 4.62. The molecule has 0 aromatic heterocycles. The highest BCUT2D eigenvalue weighted by molar-refractivity contribution is 9.10. The Morgan fingerprint density at radius 2 is 2.25 bits per heavy atom. The molecule has 1 rings (SSSR count). The molecule has 0 radical (unpaired) electrons. The normalized spacial score (nSPS) is 11.3. The number of halogens is 1. The minimum atomic E-state index is -0.242. The standard InChI is InChI=1S/C13H15BrO2/c1-3-11(9-16-10(2)15)7-12-5-4-6-13(14)8-12/h4-8H,3,9H2,1-2H3/b11-7+. The zero-order valence-corrected chi connectivity index (χ0v) is 11.1. The minimum absolute atomic E-state index is 0.242. The first-order valence-corrected chi connectivity index (χ1v) is 5.99. The molecule has 0 aliphatic carbocycles. The van der Waals surface area contributed by atoms with Crippen LogP contribution in [0.5, 0.6) is 0 Å². The zero-order chi connectivity index (χ0) is 12.0. The van der Waals surface area contributed by atoms with Crippen molar-refractivity contribution in [2.24, 2.45) is 0 Å². The van der Waals surface area contributed by atoms with Gasteiger partial charge in [-0.25, -0.2) is 0 Å². The van der Waals surface area contributed by atoms with E-state index in [4.69, 9.17) is 4.74 Å². The quantitative estimate of drug-likeness (QED) is 0.785. The average Bonchev–Trinajstić information content (AvgIpc) is 2.24. The summed E-state index contributed by atoms with van der Waals surface area (Å²) >= 11 is 3.42. The minimum Gasteiger partial charge on any atom is -0.461 e. The van der Waals surface area contributed by atoms with E-state index in [-0.39, 0.29) is 5.97 Å². The number of esters is 1. The second-order valence-corrected chi connectivity index (χ2v) is 4.41. The SMILES string of the molecule is CC/C(=C\c1cccc(Br)c1)COC(C)=O. The molecular formula is C13H15BrO2. The Bertz CT molecular complexity index is 397. The van der Waals surface area contributed by atoms with Crippen LogP contribution in [0.15, 0.2) is 34.3 Å². The molecule has 0 aliphatic heterocycles. The molecule has 0 spiro atoms. The number of carbonyl (C=O) groups is 1. The van der Waals surface area contributed by atoms with Gasteiger partial charge in [0.1, 0.15) is 6.61 Å². The molecule has 0 amide bonds. The van der Waals surface area contributed by atoms with Gasteiger partial charge in [-0.05, 0) is 29.7 Å². The number of hydrogen-bond acceptors (Lipinski definition) is 2. The van der Waals surface area contributed by atoms with Gasteiger partial charge in [0.05, 0.1) is 0 Å². The van der Waals surface area contributed by atoms with Gasteiger partial charge in [-0.2, -0.15) is 0 Å². The fourth-order valence-corrected chi connectivity index (χ4v) is 1.69. The summed E-state index contributed by atoms with van der Waals surface area (Å²) in [6.45, 7) is 3.85. The lowest BCUT2D eigenvalue weighted by Crippen LogP contribution is -2.02. The Labute approximate surface area is 104 Å². The first kappa shape index (κ1) is 13.0. The van der Waals surface area contributed by atoms with Crippen LogP contribution < -0.4 is 0 Å². The summed E-state index contributed by atoms with van der Waals surface area (Å²) in [5.41, 5.74) is 2.21. The van der Waals surface area contributed by atoms with Gasteiger partial charge in [0, 0.05) is 11.4 Å². The van der Waals surface area contributed by atoms with Crippen molar-refractivity contribution in [3.05, 3.63) is 39.9 Å². The molecule has 0 saturated carbocycles. The van der Waals surface area contributed by atoms with Crippen LogP contribution in [-0.4, -0.2) is 12.6 Å². The van der Waals surface area contributed by atoms with E-state index in [0.717, 1.165) is 22.0 Å². The molecule has 1 aromatic rings. The van der Waals surface area contributed by atoms with Crippen molar-refractivity contribution in [3.8, 4) is 0 Å². The topological polar surface area (TPSA) is 26.3 Å². The van der Waals surface area contributed by atoms with Gasteiger partial charge in [-0.15, -0.1) is 0 Å². The van der Waals surface area contributed by atoms with Crippen LogP contribution >= 0.6 is 15.9 Å². The maximum Gasteiger partial charge on any atom is 0.302 e.